The molecule has 0 saturated heterocycles. The monoisotopic (exact) mass is 168 g/mol. The number of hydrogen-bond acceptors (Lipinski definition) is 2. The van der Waals surface area contributed by atoms with Crippen LogP contribution in [0.2, 0.25) is 0 Å². The van der Waals surface area contributed by atoms with Gasteiger partial charge in [-0.1, -0.05) is 12.8 Å². The lowest BCUT2D eigenvalue weighted by Gasteiger charge is -2.71. The van der Waals surface area contributed by atoms with Gasteiger partial charge in [0.15, 0.2) is 0 Å². The quantitative estimate of drug-likeness (QED) is 0.568. The Kier molecular flexibility index (Phi) is 1.15. The molecule has 0 aromatic carbocycles. The Morgan fingerprint density at radius 3 is 1.25 bits per heavy atom. The summed E-state index contributed by atoms with van der Waals surface area (Å²) in [4.78, 5) is 0. The Hall–Kier alpha value is -0.0800. The first kappa shape index (κ1) is 7.34. The van der Waals surface area contributed by atoms with Crippen molar-refractivity contribution in [3.05, 3.63) is 0 Å². The van der Waals surface area contributed by atoms with Gasteiger partial charge in [-0.2, -0.15) is 0 Å². The summed E-state index contributed by atoms with van der Waals surface area (Å²) in [5.74, 6) is 0. The minimum atomic E-state index is -0.178. The molecular formula is C10H16O2. The summed E-state index contributed by atoms with van der Waals surface area (Å²) in [6.45, 7) is 0. The van der Waals surface area contributed by atoms with Gasteiger partial charge >= 0.3 is 0 Å². The molecule has 3 fully saturated rings. The smallest absolute Gasteiger partial charge is 0.0702 e. The van der Waals surface area contributed by atoms with Crippen LogP contribution in [0.15, 0.2) is 0 Å². The normalized spacial score (nSPS) is 46.5. The third-order valence-corrected chi connectivity index (χ3v) is 4.75. The Labute approximate surface area is 72.6 Å². The SMILES string of the molecule is OC1C2(CCC2)C(O)C12CCC2. The van der Waals surface area contributed by atoms with Gasteiger partial charge in [0.25, 0.3) is 0 Å². The Bertz CT molecular complexity index is 180. The summed E-state index contributed by atoms with van der Waals surface area (Å²) < 4.78 is 0. The molecule has 0 aromatic rings. The van der Waals surface area contributed by atoms with Crippen LogP contribution in [-0.2, 0) is 0 Å². The number of aliphatic hydroxyl groups is 2. The largest absolute Gasteiger partial charge is 0.392 e. The summed E-state index contributed by atoms with van der Waals surface area (Å²) in [5, 5.41) is 20.0. The summed E-state index contributed by atoms with van der Waals surface area (Å²) in [6.07, 6.45) is 6.25. The van der Waals surface area contributed by atoms with E-state index in [0.29, 0.717) is 0 Å². The standard InChI is InChI=1S/C10H16O2/c11-7-9(3-1-4-9)8(12)10(7)5-2-6-10/h7-8,11-12H,1-6H2. The zero-order chi connectivity index (χ0) is 8.40. The average molecular weight is 168 g/mol. The molecule has 2 N–H and O–H groups in total. The maximum Gasteiger partial charge on any atom is 0.0702 e. The van der Waals surface area contributed by atoms with E-state index in [9.17, 15) is 10.2 Å². The Balaban J connectivity index is 1.86. The third kappa shape index (κ3) is 0.495. The zero-order valence-electron chi connectivity index (χ0n) is 7.29. The van der Waals surface area contributed by atoms with Gasteiger partial charge in [0, 0.05) is 10.8 Å². The summed E-state index contributed by atoms with van der Waals surface area (Å²) in [7, 11) is 0. The summed E-state index contributed by atoms with van der Waals surface area (Å²) in [6, 6.07) is 0. The molecule has 2 heteroatoms. The van der Waals surface area contributed by atoms with Crippen LogP contribution in [0.4, 0.5) is 0 Å². The van der Waals surface area contributed by atoms with E-state index in [-0.39, 0.29) is 23.0 Å². The molecule has 0 atom stereocenters. The Morgan fingerprint density at radius 2 is 1.08 bits per heavy atom. The molecule has 3 rings (SSSR count). The van der Waals surface area contributed by atoms with E-state index in [1.807, 2.05) is 0 Å². The van der Waals surface area contributed by atoms with Gasteiger partial charge in [-0.05, 0) is 25.7 Å². The van der Waals surface area contributed by atoms with E-state index in [1.54, 1.807) is 0 Å². The van der Waals surface area contributed by atoms with Crippen molar-refractivity contribution >= 4 is 0 Å². The number of hydrogen-bond donors (Lipinski definition) is 2. The molecule has 12 heavy (non-hydrogen) atoms. The van der Waals surface area contributed by atoms with Crippen LogP contribution in [0.1, 0.15) is 38.5 Å². The maximum atomic E-state index is 10.00. The third-order valence-electron chi connectivity index (χ3n) is 4.75. The second kappa shape index (κ2) is 1.88. The molecule has 3 saturated carbocycles. The fourth-order valence-corrected chi connectivity index (χ4v) is 3.61. The number of aliphatic hydroxyl groups excluding tert-OH is 2. The van der Waals surface area contributed by atoms with Crippen molar-refractivity contribution in [2.45, 2.75) is 50.7 Å². The van der Waals surface area contributed by atoms with Gasteiger partial charge in [0.05, 0.1) is 12.2 Å². The molecule has 0 amide bonds. The minimum absolute atomic E-state index is 0.0412. The van der Waals surface area contributed by atoms with E-state index in [2.05, 4.69) is 0 Å². The lowest BCUT2D eigenvalue weighted by Crippen LogP contribution is -2.76. The van der Waals surface area contributed by atoms with Crippen LogP contribution in [0.5, 0.6) is 0 Å². The molecule has 68 valence electrons. The first-order chi connectivity index (χ1) is 5.72. The predicted molar refractivity (Wildman–Crippen MR) is 44.6 cm³/mol. The van der Waals surface area contributed by atoms with Gasteiger partial charge in [-0.3, -0.25) is 0 Å². The Morgan fingerprint density at radius 1 is 0.750 bits per heavy atom. The summed E-state index contributed by atoms with van der Waals surface area (Å²) >= 11 is 0. The van der Waals surface area contributed by atoms with Crippen molar-refractivity contribution < 1.29 is 10.2 Å². The lowest BCUT2D eigenvalue weighted by molar-refractivity contribution is -0.328. The molecule has 3 aliphatic rings. The van der Waals surface area contributed by atoms with E-state index in [0.717, 1.165) is 25.7 Å². The van der Waals surface area contributed by atoms with E-state index < -0.39 is 0 Å². The minimum Gasteiger partial charge on any atom is -0.392 e. The zero-order valence-corrected chi connectivity index (χ0v) is 7.29. The predicted octanol–water partition coefficient (Wildman–Crippen LogP) is 1.06. The van der Waals surface area contributed by atoms with Gasteiger partial charge in [0.1, 0.15) is 0 Å². The second-order valence-corrected chi connectivity index (χ2v) is 4.98. The summed E-state index contributed by atoms with van der Waals surface area (Å²) in [5.41, 5.74) is -0.0825. The van der Waals surface area contributed by atoms with Crippen molar-refractivity contribution in [1.82, 2.24) is 0 Å². The van der Waals surface area contributed by atoms with Crippen LogP contribution < -0.4 is 0 Å². The highest BCUT2D eigenvalue weighted by atomic mass is 16.3. The highest BCUT2D eigenvalue weighted by Crippen LogP contribution is 2.70. The molecule has 0 bridgehead atoms. The van der Waals surface area contributed by atoms with Crippen molar-refractivity contribution in [2.24, 2.45) is 10.8 Å². The molecule has 3 aliphatic carbocycles. The van der Waals surface area contributed by atoms with Crippen LogP contribution in [0, 0.1) is 10.8 Å². The van der Waals surface area contributed by atoms with Crippen molar-refractivity contribution in [3.63, 3.8) is 0 Å². The first-order valence-corrected chi connectivity index (χ1v) is 5.09. The van der Waals surface area contributed by atoms with Crippen molar-refractivity contribution in [3.8, 4) is 0 Å². The van der Waals surface area contributed by atoms with Gasteiger partial charge in [-0.15, -0.1) is 0 Å². The van der Waals surface area contributed by atoms with Crippen molar-refractivity contribution in [2.75, 3.05) is 0 Å². The molecule has 0 unspecified atom stereocenters. The fraction of sp³-hybridized carbons (Fsp3) is 1.00. The van der Waals surface area contributed by atoms with Crippen LogP contribution in [0.25, 0.3) is 0 Å². The lowest BCUT2D eigenvalue weighted by atomic mass is 9.36. The van der Waals surface area contributed by atoms with Gasteiger partial charge < -0.3 is 10.2 Å². The average Bonchev–Trinajstić information content (AvgIpc) is 1.80. The molecular weight excluding hydrogens is 152 g/mol. The maximum absolute atomic E-state index is 10.00. The van der Waals surface area contributed by atoms with E-state index in [1.165, 1.54) is 12.8 Å². The molecule has 2 spiro atoms. The second-order valence-electron chi connectivity index (χ2n) is 4.98. The molecule has 0 heterocycles. The van der Waals surface area contributed by atoms with Gasteiger partial charge in [-0.25, -0.2) is 0 Å². The molecule has 0 aliphatic heterocycles. The molecule has 0 aromatic heterocycles. The topological polar surface area (TPSA) is 40.5 Å². The van der Waals surface area contributed by atoms with Crippen molar-refractivity contribution in [1.29, 1.82) is 0 Å². The van der Waals surface area contributed by atoms with Crippen LogP contribution in [0.3, 0.4) is 0 Å². The van der Waals surface area contributed by atoms with E-state index >= 15 is 0 Å². The highest BCUT2D eigenvalue weighted by molar-refractivity contribution is 5.22. The van der Waals surface area contributed by atoms with Crippen LogP contribution in [-0.4, -0.2) is 22.4 Å². The molecule has 2 nitrogen and oxygen atoms in total. The fourth-order valence-electron chi connectivity index (χ4n) is 3.61. The van der Waals surface area contributed by atoms with E-state index in [4.69, 9.17) is 0 Å². The highest BCUT2D eigenvalue weighted by Gasteiger charge is 2.73. The number of rotatable bonds is 0. The molecule has 0 radical (unpaired) electrons. The first-order valence-electron chi connectivity index (χ1n) is 5.09. The van der Waals surface area contributed by atoms with Crippen LogP contribution >= 0.6 is 0 Å². The van der Waals surface area contributed by atoms with Gasteiger partial charge in [0.2, 0.25) is 0 Å².